The van der Waals surface area contributed by atoms with Gasteiger partial charge in [0.25, 0.3) is 0 Å². The van der Waals surface area contributed by atoms with Crippen molar-refractivity contribution in [1.29, 1.82) is 0 Å². The largest absolute Gasteiger partial charge is 0.243 e. The summed E-state index contributed by atoms with van der Waals surface area (Å²) in [6, 6.07) is 5.82. The van der Waals surface area contributed by atoms with Gasteiger partial charge in [0.1, 0.15) is 0 Å². The highest BCUT2D eigenvalue weighted by atomic mass is 32.2. The van der Waals surface area contributed by atoms with Crippen LogP contribution >= 0.6 is 0 Å². The van der Waals surface area contributed by atoms with E-state index < -0.39 is 10.0 Å². The minimum absolute atomic E-state index is 0.200. The Balaban J connectivity index is 2.30. The molecule has 0 saturated heterocycles. The molecule has 0 aromatic heterocycles. The van der Waals surface area contributed by atoms with Crippen molar-refractivity contribution in [3.63, 3.8) is 0 Å². The molecular formula is C11H10N2O3S. The Hall–Kier alpha value is -1.75. The molecule has 1 heterocycles. The molecule has 0 fully saturated rings. The van der Waals surface area contributed by atoms with E-state index in [0.29, 0.717) is 18.8 Å². The zero-order valence-electron chi connectivity index (χ0n) is 8.91. The van der Waals surface area contributed by atoms with Gasteiger partial charge in [-0.15, -0.1) is 0 Å². The Morgan fingerprint density at radius 3 is 2.24 bits per heavy atom. The van der Waals surface area contributed by atoms with Gasteiger partial charge in [-0.2, -0.15) is 9.30 Å². The summed E-state index contributed by atoms with van der Waals surface area (Å²) >= 11 is 0. The van der Waals surface area contributed by atoms with Crippen LogP contribution in [0.1, 0.15) is 0 Å². The first kappa shape index (κ1) is 11.7. The number of aliphatic imine (C=N–C) groups is 1. The van der Waals surface area contributed by atoms with E-state index in [2.05, 4.69) is 4.99 Å². The second-order valence-corrected chi connectivity index (χ2v) is 5.43. The van der Waals surface area contributed by atoms with E-state index in [9.17, 15) is 13.2 Å². The molecule has 0 aliphatic carbocycles. The maximum atomic E-state index is 12.1. The standard InChI is InChI=1S/C11H10N2O3S/c14-9-12-10-3-5-11(6-4-10)17(15,16)13-7-1-2-8-13/h1-6H,7-8H2. The molecule has 5 nitrogen and oxygen atoms in total. The number of hydrogen-bond donors (Lipinski definition) is 0. The van der Waals surface area contributed by atoms with Crippen molar-refractivity contribution in [3.05, 3.63) is 36.4 Å². The van der Waals surface area contributed by atoms with Crippen LogP contribution in [0.3, 0.4) is 0 Å². The van der Waals surface area contributed by atoms with Gasteiger partial charge in [0.2, 0.25) is 16.1 Å². The first-order valence-electron chi connectivity index (χ1n) is 4.98. The molecule has 17 heavy (non-hydrogen) atoms. The van der Waals surface area contributed by atoms with Crippen molar-refractivity contribution >= 4 is 21.8 Å². The van der Waals surface area contributed by atoms with Crippen LogP contribution < -0.4 is 0 Å². The maximum Gasteiger partial charge on any atom is 0.243 e. The maximum absolute atomic E-state index is 12.1. The van der Waals surface area contributed by atoms with E-state index in [4.69, 9.17) is 0 Å². The lowest BCUT2D eigenvalue weighted by atomic mass is 10.3. The first-order chi connectivity index (χ1) is 8.14. The van der Waals surface area contributed by atoms with Crippen molar-refractivity contribution in [2.45, 2.75) is 4.90 Å². The Bertz CT molecular complexity index is 576. The second kappa shape index (κ2) is 4.63. The molecule has 2 rings (SSSR count). The zero-order chi connectivity index (χ0) is 12.3. The molecule has 0 spiro atoms. The van der Waals surface area contributed by atoms with E-state index in [1.165, 1.54) is 34.7 Å². The van der Waals surface area contributed by atoms with Gasteiger partial charge < -0.3 is 0 Å². The summed E-state index contributed by atoms with van der Waals surface area (Å²) in [6.07, 6.45) is 5.02. The van der Waals surface area contributed by atoms with E-state index in [1.807, 2.05) is 12.2 Å². The normalized spacial score (nSPS) is 15.8. The van der Waals surface area contributed by atoms with E-state index in [0.717, 1.165) is 0 Å². The first-order valence-corrected chi connectivity index (χ1v) is 6.42. The lowest BCUT2D eigenvalue weighted by molar-refractivity contribution is 0.488. The number of isocyanates is 1. The van der Waals surface area contributed by atoms with Crippen molar-refractivity contribution in [2.24, 2.45) is 4.99 Å². The van der Waals surface area contributed by atoms with Crippen LogP contribution in [0.15, 0.2) is 46.3 Å². The Labute approximate surface area is 99.1 Å². The molecule has 0 bridgehead atoms. The zero-order valence-corrected chi connectivity index (χ0v) is 9.72. The Kier molecular flexibility index (Phi) is 3.19. The summed E-state index contributed by atoms with van der Waals surface area (Å²) in [4.78, 5) is 13.6. The van der Waals surface area contributed by atoms with Crippen molar-refractivity contribution in [1.82, 2.24) is 4.31 Å². The van der Waals surface area contributed by atoms with Gasteiger partial charge >= 0.3 is 0 Å². The van der Waals surface area contributed by atoms with E-state index in [1.54, 1.807) is 0 Å². The molecule has 1 aliphatic rings. The molecule has 0 atom stereocenters. The third-order valence-electron chi connectivity index (χ3n) is 2.43. The molecule has 1 aliphatic heterocycles. The number of sulfonamides is 1. The van der Waals surface area contributed by atoms with Crippen molar-refractivity contribution in [2.75, 3.05) is 13.1 Å². The fraction of sp³-hybridized carbons (Fsp3) is 0.182. The van der Waals surface area contributed by atoms with Crippen LogP contribution in [0.2, 0.25) is 0 Å². The molecule has 1 aromatic carbocycles. The third kappa shape index (κ3) is 2.34. The third-order valence-corrected chi connectivity index (χ3v) is 4.28. The predicted octanol–water partition coefficient (Wildman–Crippen LogP) is 1.21. The SMILES string of the molecule is O=C=Nc1ccc(S(=O)(=O)N2CC=CC2)cc1. The van der Waals surface area contributed by atoms with E-state index >= 15 is 0 Å². The molecule has 6 heteroatoms. The highest BCUT2D eigenvalue weighted by Crippen LogP contribution is 2.20. The van der Waals surface area contributed by atoms with Gasteiger partial charge in [-0.3, -0.25) is 0 Å². The van der Waals surface area contributed by atoms with Crippen LogP contribution in [0, 0.1) is 0 Å². The van der Waals surface area contributed by atoms with E-state index in [-0.39, 0.29) is 4.90 Å². The number of rotatable bonds is 3. The van der Waals surface area contributed by atoms with Crippen molar-refractivity contribution < 1.29 is 13.2 Å². The minimum Gasteiger partial charge on any atom is -0.211 e. The van der Waals surface area contributed by atoms with Gasteiger partial charge in [-0.05, 0) is 24.3 Å². The number of benzene rings is 1. The minimum atomic E-state index is -3.44. The molecule has 88 valence electrons. The lowest BCUT2D eigenvalue weighted by Gasteiger charge is -2.15. The average Bonchev–Trinajstić information content (AvgIpc) is 2.84. The molecule has 0 N–H and O–H groups in total. The summed E-state index contributed by atoms with van der Waals surface area (Å²) in [6.45, 7) is 0.799. The molecule has 0 unspecified atom stereocenters. The molecule has 0 saturated carbocycles. The fourth-order valence-electron chi connectivity index (χ4n) is 1.55. The van der Waals surface area contributed by atoms with Crippen molar-refractivity contribution in [3.8, 4) is 0 Å². The summed E-state index contributed by atoms with van der Waals surface area (Å²) in [5.41, 5.74) is 0.387. The smallest absolute Gasteiger partial charge is 0.211 e. The molecular weight excluding hydrogens is 240 g/mol. The Morgan fingerprint density at radius 1 is 1.12 bits per heavy atom. The van der Waals surface area contributed by atoms with Crippen LogP contribution in [0.25, 0.3) is 0 Å². The quantitative estimate of drug-likeness (QED) is 0.460. The lowest BCUT2D eigenvalue weighted by Crippen LogP contribution is -2.28. The summed E-state index contributed by atoms with van der Waals surface area (Å²) in [7, 11) is -3.44. The predicted molar refractivity (Wildman–Crippen MR) is 62.1 cm³/mol. The van der Waals surface area contributed by atoms with Gasteiger partial charge in [-0.1, -0.05) is 12.2 Å². The second-order valence-electron chi connectivity index (χ2n) is 3.49. The highest BCUT2D eigenvalue weighted by molar-refractivity contribution is 7.89. The van der Waals surface area contributed by atoms with Crippen LogP contribution in [-0.4, -0.2) is 31.9 Å². The van der Waals surface area contributed by atoms with Gasteiger partial charge in [0.15, 0.2) is 0 Å². The average molecular weight is 250 g/mol. The van der Waals surface area contributed by atoms with Gasteiger partial charge in [0, 0.05) is 13.1 Å². The highest BCUT2D eigenvalue weighted by Gasteiger charge is 2.24. The number of hydrogen-bond acceptors (Lipinski definition) is 4. The summed E-state index contributed by atoms with van der Waals surface area (Å²) in [5.74, 6) is 0. The van der Waals surface area contributed by atoms with Crippen LogP contribution in [0.5, 0.6) is 0 Å². The van der Waals surface area contributed by atoms with Gasteiger partial charge in [0.05, 0.1) is 10.6 Å². The Morgan fingerprint density at radius 2 is 1.71 bits per heavy atom. The monoisotopic (exact) mass is 250 g/mol. The number of nitrogens with zero attached hydrogens (tertiary/aromatic N) is 2. The molecule has 1 aromatic rings. The fourth-order valence-corrected chi connectivity index (χ4v) is 2.89. The summed E-state index contributed by atoms with van der Waals surface area (Å²) < 4.78 is 25.5. The van der Waals surface area contributed by atoms with Crippen LogP contribution in [0.4, 0.5) is 5.69 Å². The molecule has 0 amide bonds. The summed E-state index contributed by atoms with van der Waals surface area (Å²) in [5, 5.41) is 0. The molecule has 0 radical (unpaired) electrons. The number of carbonyl (C=O) groups excluding carboxylic acids is 1. The van der Waals surface area contributed by atoms with Gasteiger partial charge in [-0.25, -0.2) is 13.2 Å². The van der Waals surface area contributed by atoms with Crippen LogP contribution in [-0.2, 0) is 14.8 Å². The topological polar surface area (TPSA) is 66.8 Å².